The van der Waals surface area contributed by atoms with Crippen LogP contribution in [0.15, 0.2) is 47.4 Å². The molecule has 0 unspecified atom stereocenters. The summed E-state index contributed by atoms with van der Waals surface area (Å²) in [7, 11) is 0. The first-order valence-corrected chi connectivity index (χ1v) is 21.0. The SMILES string of the molecule is O=c1[nH]c(=O)n([C@H]2C[C@H](O)[C@@H](CO)O2)cc1C#CC12CC3CC(C#Cc4cn([C@H]5C[C@H](O)[C@@H](CO)O5)c(=O)[nH]c4=O)(C1)CC(C#Cc1cn([C@H]4C[C@H](O)[C@@H](CO)O4)c(=O)[nH]c1=O)(C3)C2. The van der Waals surface area contributed by atoms with Crippen molar-refractivity contribution < 1.29 is 44.8 Å². The molecule has 3 saturated heterocycles. The zero-order valence-electron chi connectivity index (χ0n) is 34.2. The number of nitrogens with zero attached hydrogens (tertiary/aromatic N) is 3. The van der Waals surface area contributed by atoms with Crippen molar-refractivity contribution >= 4 is 0 Å². The number of hydrogen-bond donors (Lipinski definition) is 9. The van der Waals surface area contributed by atoms with Crippen LogP contribution in [0.4, 0.5) is 0 Å². The summed E-state index contributed by atoms with van der Waals surface area (Å²) in [6.07, 6.45) is -2.28. The topological polar surface area (TPSA) is 314 Å². The Morgan fingerprint density at radius 3 is 1.05 bits per heavy atom. The molecule has 10 rings (SSSR count). The number of aromatic nitrogens is 6. The average Bonchev–Trinajstić information content (AvgIpc) is 3.93. The predicted molar refractivity (Wildman–Crippen MR) is 218 cm³/mol. The first kappa shape index (κ1) is 43.6. The summed E-state index contributed by atoms with van der Waals surface area (Å²) in [5.41, 5.74) is -7.33. The van der Waals surface area contributed by atoms with Gasteiger partial charge in [-0.3, -0.25) is 43.0 Å². The van der Waals surface area contributed by atoms with E-state index in [4.69, 9.17) is 14.2 Å². The summed E-state index contributed by atoms with van der Waals surface area (Å²) in [4.78, 5) is 85.0. The van der Waals surface area contributed by atoms with Crippen molar-refractivity contribution in [1.29, 1.82) is 0 Å². The Labute approximate surface area is 361 Å². The van der Waals surface area contributed by atoms with Gasteiger partial charge in [-0.05, 0) is 44.4 Å². The van der Waals surface area contributed by atoms with Crippen LogP contribution in [0.3, 0.4) is 0 Å². The number of aliphatic hydroxyl groups excluding tert-OH is 6. The predicted octanol–water partition coefficient (Wildman–Crippen LogP) is -3.43. The lowest BCUT2D eigenvalue weighted by atomic mass is 9.40. The highest BCUT2D eigenvalue weighted by Gasteiger charge is 2.62. The molecule has 3 aromatic rings. The first-order valence-electron chi connectivity index (χ1n) is 21.0. The maximum absolute atomic E-state index is 13.2. The van der Waals surface area contributed by atoms with E-state index >= 15 is 0 Å². The normalized spacial score (nSPS) is 35.9. The second-order valence-corrected chi connectivity index (χ2v) is 18.1. The number of H-pyrrole nitrogens is 3. The van der Waals surface area contributed by atoms with Gasteiger partial charge in [-0.1, -0.05) is 35.5 Å². The van der Waals surface area contributed by atoms with Crippen LogP contribution in [0, 0.1) is 57.7 Å². The van der Waals surface area contributed by atoms with Gasteiger partial charge in [0.25, 0.3) is 16.7 Å². The van der Waals surface area contributed by atoms with Crippen molar-refractivity contribution in [2.45, 2.75) is 113 Å². The Balaban J connectivity index is 1.11. The summed E-state index contributed by atoms with van der Waals surface area (Å²) < 4.78 is 20.3. The molecule has 3 aromatic heterocycles. The molecule has 338 valence electrons. The molecule has 6 heterocycles. The molecule has 3 aliphatic heterocycles. The minimum Gasteiger partial charge on any atom is -0.394 e. The summed E-state index contributed by atoms with van der Waals surface area (Å²) in [5, 5.41) is 59.7. The van der Waals surface area contributed by atoms with Crippen molar-refractivity contribution in [2.24, 2.45) is 22.2 Å². The Bertz CT molecular complexity index is 2610. The number of ether oxygens (including phenoxy) is 3. The van der Waals surface area contributed by atoms with Gasteiger partial charge in [-0.15, -0.1) is 0 Å². The van der Waals surface area contributed by atoms with Crippen molar-refractivity contribution in [3.05, 3.63) is 97.8 Å². The molecule has 21 nitrogen and oxygen atoms in total. The number of hydrogen-bond acceptors (Lipinski definition) is 15. The first-order chi connectivity index (χ1) is 30.5. The molecule has 9 N–H and O–H groups in total. The monoisotopic (exact) mass is 886 g/mol. The van der Waals surface area contributed by atoms with Crippen LogP contribution in [-0.4, -0.2) is 116 Å². The second kappa shape index (κ2) is 16.4. The fourth-order valence-electron chi connectivity index (χ4n) is 11.0. The maximum Gasteiger partial charge on any atom is 0.330 e. The van der Waals surface area contributed by atoms with Crippen LogP contribution < -0.4 is 33.7 Å². The smallest absolute Gasteiger partial charge is 0.330 e. The van der Waals surface area contributed by atoms with Gasteiger partial charge in [0.2, 0.25) is 0 Å². The molecule has 7 aliphatic rings. The molecular weight excluding hydrogens is 840 g/mol. The number of nitrogens with one attached hydrogen (secondary N) is 3. The van der Waals surface area contributed by atoms with E-state index in [-0.39, 0.29) is 41.9 Å². The molecule has 4 aliphatic carbocycles. The zero-order chi connectivity index (χ0) is 45.3. The van der Waals surface area contributed by atoms with Gasteiger partial charge in [-0.25, -0.2) is 14.4 Å². The highest BCUT2D eigenvalue weighted by molar-refractivity contribution is 5.42. The molecule has 0 radical (unpaired) electrons. The molecule has 4 bridgehead atoms. The quantitative estimate of drug-likeness (QED) is 0.109. The van der Waals surface area contributed by atoms with E-state index in [2.05, 4.69) is 50.5 Å². The molecule has 7 fully saturated rings. The summed E-state index contributed by atoms with van der Waals surface area (Å²) >= 11 is 0. The Kier molecular flexibility index (Phi) is 11.2. The van der Waals surface area contributed by atoms with E-state index in [0.717, 1.165) is 13.7 Å². The molecule has 9 atom stereocenters. The fraction of sp³-hybridized carbons (Fsp3) is 0.581. The third-order valence-corrected chi connectivity index (χ3v) is 13.4. The molecule has 0 spiro atoms. The van der Waals surface area contributed by atoms with Crippen LogP contribution in [0.5, 0.6) is 0 Å². The lowest BCUT2D eigenvalue weighted by Gasteiger charge is -2.62. The van der Waals surface area contributed by atoms with Crippen molar-refractivity contribution in [3.8, 4) is 35.5 Å². The fourth-order valence-corrected chi connectivity index (χ4v) is 11.0. The molecule has 0 amide bonds. The summed E-state index contributed by atoms with van der Waals surface area (Å²) in [5.74, 6) is 19.0. The van der Waals surface area contributed by atoms with E-state index in [9.17, 15) is 59.4 Å². The lowest BCUT2D eigenvalue weighted by Crippen LogP contribution is -2.55. The van der Waals surface area contributed by atoms with E-state index < -0.39 is 125 Å². The van der Waals surface area contributed by atoms with Crippen LogP contribution in [0.25, 0.3) is 0 Å². The molecule has 64 heavy (non-hydrogen) atoms. The number of rotatable bonds is 6. The van der Waals surface area contributed by atoms with Gasteiger partial charge < -0.3 is 44.8 Å². The van der Waals surface area contributed by atoms with Gasteiger partial charge in [-0.2, -0.15) is 0 Å². The highest BCUT2D eigenvalue weighted by Crippen LogP contribution is 2.69. The second-order valence-electron chi connectivity index (χ2n) is 18.1. The minimum absolute atomic E-state index is 0.0174. The van der Waals surface area contributed by atoms with E-state index in [0.29, 0.717) is 38.5 Å². The Morgan fingerprint density at radius 1 is 0.516 bits per heavy atom. The Hall–Kier alpha value is -5.64. The molecule has 0 aromatic carbocycles. The van der Waals surface area contributed by atoms with Crippen molar-refractivity contribution in [1.82, 2.24) is 28.7 Å². The maximum atomic E-state index is 13.2. The van der Waals surface area contributed by atoms with E-state index in [1.807, 2.05) is 0 Å². The Morgan fingerprint density at radius 2 is 0.797 bits per heavy atom. The van der Waals surface area contributed by atoms with Crippen LogP contribution >= 0.6 is 0 Å². The van der Waals surface area contributed by atoms with Crippen molar-refractivity contribution in [3.63, 3.8) is 0 Å². The van der Waals surface area contributed by atoms with Gasteiger partial charge in [0, 0.05) is 54.1 Å². The summed E-state index contributed by atoms with van der Waals surface area (Å²) in [6, 6.07) is 0. The number of aliphatic hydroxyl groups is 6. The third kappa shape index (κ3) is 7.95. The molecular formula is C43H46N6O15. The van der Waals surface area contributed by atoms with Crippen LogP contribution in [0.1, 0.15) is 93.2 Å². The third-order valence-electron chi connectivity index (χ3n) is 13.4. The minimum atomic E-state index is -1.05. The van der Waals surface area contributed by atoms with Gasteiger partial charge >= 0.3 is 17.1 Å². The largest absolute Gasteiger partial charge is 0.394 e. The molecule has 21 heteroatoms. The zero-order valence-corrected chi connectivity index (χ0v) is 34.2. The van der Waals surface area contributed by atoms with Crippen LogP contribution in [-0.2, 0) is 14.2 Å². The average molecular weight is 887 g/mol. The standard InChI is InChI=1S/C43H46N6O15/c50-16-29-26(53)7-32(62-29)47-13-23(35(56)44-38(47)59)1-4-41-10-22-11-42(19-41,5-2-24-14-48(39(60)45-36(24)57)33-8-27(54)30(17-51)63-33)21-43(12-22,20-41)6-3-25-15-49(40(61)46-37(25)58)34-9-28(55)31(18-52)64-34/h13-15,22,26-34,50-55H,7-12,16-21H2,(H,44,56,59)(H,45,57,60)(H,46,58,61)/t22?,26-,27-,28-,29+,30+,31+,32+,33+,34+,41?,42?,43?/m0/s1. The lowest BCUT2D eigenvalue weighted by molar-refractivity contribution is -0.0837. The van der Waals surface area contributed by atoms with Gasteiger partial charge in [0.05, 0.1) is 38.1 Å². The van der Waals surface area contributed by atoms with Gasteiger partial charge in [0.15, 0.2) is 0 Å². The van der Waals surface area contributed by atoms with Gasteiger partial charge in [0.1, 0.15) is 53.7 Å². The molecule has 4 saturated carbocycles. The van der Waals surface area contributed by atoms with E-state index in [1.54, 1.807) is 0 Å². The van der Waals surface area contributed by atoms with Crippen molar-refractivity contribution in [2.75, 3.05) is 19.8 Å². The number of aromatic amines is 3. The summed E-state index contributed by atoms with van der Waals surface area (Å²) in [6.45, 7) is -1.44. The van der Waals surface area contributed by atoms with E-state index in [1.165, 1.54) is 18.6 Å². The van der Waals surface area contributed by atoms with Crippen LogP contribution in [0.2, 0.25) is 0 Å². The highest BCUT2D eigenvalue weighted by atomic mass is 16.6.